The Balaban J connectivity index is 2.19. The van der Waals surface area contributed by atoms with Crippen LogP contribution in [0, 0.1) is 18.7 Å². The monoisotopic (exact) mass is 271 g/mol. The van der Waals surface area contributed by atoms with Crippen molar-refractivity contribution in [3.8, 4) is 0 Å². The van der Waals surface area contributed by atoms with Crippen LogP contribution < -0.4 is 5.32 Å². The van der Waals surface area contributed by atoms with E-state index in [-0.39, 0.29) is 5.82 Å². The van der Waals surface area contributed by atoms with Crippen LogP contribution in [0.3, 0.4) is 0 Å². The highest BCUT2D eigenvalue weighted by molar-refractivity contribution is 9.10. The van der Waals surface area contributed by atoms with E-state index < -0.39 is 0 Å². The fraction of sp³-hybridized carbons (Fsp3) is 0.500. The van der Waals surface area contributed by atoms with Gasteiger partial charge < -0.3 is 5.32 Å². The number of hydrogen-bond donors (Lipinski definition) is 1. The SMILES string of the molecule is Cc1cc(Br)cc(CC2CCNC2)c1F. The summed E-state index contributed by atoms with van der Waals surface area (Å²) in [5.41, 5.74) is 1.57. The fourth-order valence-electron chi connectivity index (χ4n) is 2.14. The molecule has 1 saturated heterocycles. The minimum atomic E-state index is -0.0369. The fourth-order valence-corrected chi connectivity index (χ4v) is 2.76. The number of nitrogens with one attached hydrogen (secondary N) is 1. The summed E-state index contributed by atoms with van der Waals surface area (Å²) >= 11 is 3.41. The molecule has 1 aliphatic heterocycles. The van der Waals surface area contributed by atoms with Gasteiger partial charge in [0, 0.05) is 4.47 Å². The molecule has 1 fully saturated rings. The third kappa shape index (κ3) is 2.58. The van der Waals surface area contributed by atoms with Gasteiger partial charge in [0.1, 0.15) is 5.82 Å². The van der Waals surface area contributed by atoms with E-state index in [9.17, 15) is 4.39 Å². The lowest BCUT2D eigenvalue weighted by molar-refractivity contribution is 0.540. The highest BCUT2D eigenvalue weighted by Crippen LogP contribution is 2.23. The molecule has 1 unspecified atom stereocenters. The van der Waals surface area contributed by atoms with Crippen LogP contribution in [0.2, 0.25) is 0 Å². The van der Waals surface area contributed by atoms with Crippen molar-refractivity contribution in [2.45, 2.75) is 19.8 Å². The number of halogens is 2. The van der Waals surface area contributed by atoms with Crippen LogP contribution in [0.15, 0.2) is 16.6 Å². The summed E-state index contributed by atoms with van der Waals surface area (Å²) in [6.07, 6.45) is 2.00. The zero-order valence-electron chi connectivity index (χ0n) is 8.82. The van der Waals surface area contributed by atoms with Crippen LogP contribution >= 0.6 is 15.9 Å². The molecule has 0 aliphatic carbocycles. The molecule has 0 bridgehead atoms. The summed E-state index contributed by atoms with van der Waals surface area (Å²) in [4.78, 5) is 0. The Bertz CT molecular complexity index is 359. The van der Waals surface area contributed by atoms with Crippen molar-refractivity contribution in [2.24, 2.45) is 5.92 Å². The second-order valence-electron chi connectivity index (χ2n) is 4.26. The van der Waals surface area contributed by atoms with Crippen molar-refractivity contribution < 1.29 is 4.39 Å². The van der Waals surface area contributed by atoms with Crippen molar-refractivity contribution in [3.05, 3.63) is 33.5 Å². The van der Waals surface area contributed by atoms with Gasteiger partial charge in [-0.3, -0.25) is 0 Å². The molecule has 1 heterocycles. The normalized spacial score (nSPS) is 20.9. The quantitative estimate of drug-likeness (QED) is 0.872. The molecule has 0 spiro atoms. The van der Waals surface area contributed by atoms with E-state index in [4.69, 9.17) is 0 Å². The maximum Gasteiger partial charge on any atom is 0.129 e. The van der Waals surface area contributed by atoms with Gasteiger partial charge in [-0.2, -0.15) is 0 Å². The molecule has 0 aromatic heterocycles. The van der Waals surface area contributed by atoms with E-state index in [0.717, 1.165) is 41.5 Å². The van der Waals surface area contributed by atoms with E-state index in [1.54, 1.807) is 0 Å². The standard InChI is InChI=1S/C12H15BrFN/c1-8-4-11(13)6-10(12(8)14)5-9-2-3-15-7-9/h4,6,9,15H,2-3,5,7H2,1H3. The first-order chi connectivity index (χ1) is 7.16. The second kappa shape index (κ2) is 4.62. The third-order valence-corrected chi connectivity index (χ3v) is 3.42. The van der Waals surface area contributed by atoms with Crippen molar-refractivity contribution >= 4 is 15.9 Å². The van der Waals surface area contributed by atoms with E-state index in [0.29, 0.717) is 5.92 Å². The minimum absolute atomic E-state index is 0.0369. The van der Waals surface area contributed by atoms with E-state index >= 15 is 0 Å². The molecule has 0 saturated carbocycles. The van der Waals surface area contributed by atoms with Crippen LogP contribution in [0.4, 0.5) is 4.39 Å². The Morgan fingerprint density at radius 1 is 1.53 bits per heavy atom. The van der Waals surface area contributed by atoms with Crippen LogP contribution in [-0.2, 0) is 6.42 Å². The van der Waals surface area contributed by atoms with Gasteiger partial charge in [-0.25, -0.2) is 4.39 Å². The molecule has 1 nitrogen and oxygen atoms in total. The van der Waals surface area contributed by atoms with Crippen molar-refractivity contribution in [2.75, 3.05) is 13.1 Å². The molecule has 2 rings (SSSR count). The molecule has 82 valence electrons. The highest BCUT2D eigenvalue weighted by Gasteiger charge is 2.17. The first kappa shape index (κ1) is 11.1. The number of aryl methyl sites for hydroxylation is 1. The molecule has 1 aromatic rings. The van der Waals surface area contributed by atoms with Crippen molar-refractivity contribution in [1.82, 2.24) is 5.32 Å². The van der Waals surface area contributed by atoms with Gasteiger partial charge in [0.2, 0.25) is 0 Å². The molecule has 0 radical (unpaired) electrons. The second-order valence-corrected chi connectivity index (χ2v) is 5.17. The molecule has 0 amide bonds. The van der Waals surface area contributed by atoms with Crippen molar-refractivity contribution in [3.63, 3.8) is 0 Å². The average Bonchev–Trinajstić information content (AvgIpc) is 2.66. The lowest BCUT2D eigenvalue weighted by atomic mass is 9.97. The number of benzene rings is 1. The maximum absolute atomic E-state index is 13.8. The molecular weight excluding hydrogens is 257 g/mol. The van der Waals surface area contributed by atoms with Gasteiger partial charge in [0.05, 0.1) is 0 Å². The summed E-state index contributed by atoms with van der Waals surface area (Å²) in [7, 11) is 0. The van der Waals surface area contributed by atoms with Crippen LogP contribution in [0.25, 0.3) is 0 Å². The summed E-state index contributed by atoms with van der Waals surface area (Å²) < 4.78 is 14.8. The van der Waals surface area contributed by atoms with Crippen molar-refractivity contribution in [1.29, 1.82) is 0 Å². The van der Waals surface area contributed by atoms with E-state index in [1.807, 2.05) is 19.1 Å². The molecule has 15 heavy (non-hydrogen) atoms. The zero-order valence-corrected chi connectivity index (χ0v) is 10.4. The van der Waals surface area contributed by atoms with Crippen LogP contribution in [0.5, 0.6) is 0 Å². The zero-order chi connectivity index (χ0) is 10.8. The molecule has 1 N–H and O–H groups in total. The average molecular weight is 272 g/mol. The number of hydrogen-bond acceptors (Lipinski definition) is 1. The molecule has 1 aliphatic rings. The third-order valence-electron chi connectivity index (χ3n) is 2.97. The summed E-state index contributed by atoms with van der Waals surface area (Å²) in [6, 6.07) is 3.73. The van der Waals surface area contributed by atoms with Gasteiger partial charge in [0.15, 0.2) is 0 Å². The summed E-state index contributed by atoms with van der Waals surface area (Å²) in [6.45, 7) is 3.90. The van der Waals surface area contributed by atoms with Gasteiger partial charge in [0.25, 0.3) is 0 Å². The first-order valence-corrected chi connectivity index (χ1v) is 6.11. The highest BCUT2D eigenvalue weighted by atomic mass is 79.9. The van der Waals surface area contributed by atoms with E-state index in [2.05, 4.69) is 21.2 Å². The Morgan fingerprint density at radius 2 is 2.33 bits per heavy atom. The first-order valence-electron chi connectivity index (χ1n) is 5.32. The van der Waals surface area contributed by atoms with Crippen LogP contribution in [-0.4, -0.2) is 13.1 Å². The lowest BCUT2D eigenvalue weighted by Crippen LogP contribution is -2.11. The molecule has 1 atom stereocenters. The Hall–Kier alpha value is -0.410. The smallest absolute Gasteiger partial charge is 0.129 e. The van der Waals surface area contributed by atoms with Gasteiger partial charge >= 0.3 is 0 Å². The van der Waals surface area contributed by atoms with Gasteiger partial charge in [-0.15, -0.1) is 0 Å². The number of rotatable bonds is 2. The predicted octanol–water partition coefficient (Wildman–Crippen LogP) is 3.05. The molecule has 1 aromatic carbocycles. The minimum Gasteiger partial charge on any atom is -0.316 e. The Kier molecular flexibility index (Phi) is 3.42. The Morgan fingerprint density at radius 3 is 3.00 bits per heavy atom. The largest absolute Gasteiger partial charge is 0.316 e. The topological polar surface area (TPSA) is 12.0 Å². The Labute approximate surface area is 98.2 Å². The van der Waals surface area contributed by atoms with Gasteiger partial charge in [-0.1, -0.05) is 15.9 Å². The maximum atomic E-state index is 13.8. The van der Waals surface area contributed by atoms with E-state index in [1.165, 1.54) is 0 Å². The lowest BCUT2D eigenvalue weighted by Gasteiger charge is -2.11. The molecule has 3 heteroatoms. The molecular formula is C12H15BrFN. The van der Waals surface area contributed by atoms with Crippen LogP contribution in [0.1, 0.15) is 17.5 Å². The van der Waals surface area contributed by atoms with Gasteiger partial charge in [-0.05, 0) is 62.0 Å². The predicted molar refractivity (Wildman–Crippen MR) is 63.5 cm³/mol. The summed E-state index contributed by atoms with van der Waals surface area (Å²) in [5.74, 6) is 0.554. The summed E-state index contributed by atoms with van der Waals surface area (Å²) in [5, 5.41) is 3.31.